The van der Waals surface area contributed by atoms with E-state index >= 15 is 0 Å². The summed E-state index contributed by atoms with van der Waals surface area (Å²) < 4.78 is 0. The molecule has 1 unspecified atom stereocenters. The third kappa shape index (κ3) is 4.57. The standard InChI is InChI=1S/C32H49N3O3/c1-20(34-38-29(37)35(23-7-8-23)18-22-17-30(2,3)19-33-22)26-10-11-27-25-9-6-21-16-24(36)12-14-31(21,4)28(25)13-15-32(26,27)5/h16,22-23,25-28,33H,6-15,17-19H2,1-5H3/b34-20+/t22?,25-,26+,27-,28-,31-,32+/m0/s1. The van der Waals surface area contributed by atoms with Crippen molar-refractivity contribution in [3.05, 3.63) is 11.6 Å². The topological polar surface area (TPSA) is 71.0 Å². The molecule has 7 atom stereocenters. The molecular formula is C32H49N3O3. The maximum absolute atomic E-state index is 13.2. The molecule has 5 aliphatic carbocycles. The lowest BCUT2D eigenvalue weighted by atomic mass is 9.46. The Morgan fingerprint density at radius 3 is 2.55 bits per heavy atom. The molecule has 1 aliphatic heterocycles. The van der Waals surface area contributed by atoms with E-state index in [1.807, 2.05) is 11.0 Å². The van der Waals surface area contributed by atoms with Crippen LogP contribution in [0.4, 0.5) is 4.79 Å². The van der Waals surface area contributed by atoms with Crippen LogP contribution in [0.2, 0.25) is 0 Å². The van der Waals surface area contributed by atoms with Crippen LogP contribution in [0.15, 0.2) is 16.8 Å². The van der Waals surface area contributed by atoms with Crippen LogP contribution in [0.5, 0.6) is 0 Å². The second kappa shape index (κ2) is 9.45. The van der Waals surface area contributed by atoms with Gasteiger partial charge in [-0.25, -0.2) is 4.79 Å². The fraction of sp³-hybridized carbons (Fsp3) is 0.844. The number of rotatable bonds is 5. The van der Waals surface area contributed by atoms with Gasteiger partial charge in [0.25, 0.3) is 0 Å². The van der Waals surface area contributed by atoms with Gasteiger partial charge in [-0.15, -0.1) is 0 Å². The Balaban J connectivity index is 1.12. The van der Waals surface area contributed by atoms with Crippen molar-refractivity contribution < 1.29 is 14.4 Å². The van der Waals surface area contributed by atoms with Crippen molar-refractivity contribution in [1.82, 2.24) is 10.2 Å². The van der Waals surface area contributed by atoms with Crippen LogP contribution in [0.3, 0.4) is 0 Å². The molecule has 1 saturated heterocycles. The van der Waals surface area contributed by atoms with Crippen LogP contribution in [-0.2, 0) is 9.63 Å². The number of nitrogens with zero attached hydrogens (tertiary/aromatic N) is 2. The summed E-state index contributed by atoms with van der Waals surface area (Å²) in [5.74, 6) is 2.85. The summed E-state index contributed by atoms with van der Waals surface area (Å²) in [7, 11) is 0. The predicted molar refractivity (Wildman–Crippen MR) is 150 cm³/mol. The average molecular weight is 524 g/mol. The number of allylic oxidation sites excluding steroid dienone is 1. The minimum atomic E-state index is -0.270. The maximum Gasteiger partial charge on any atom is 0.436 e. The highest BCUT2D eigenvalue weighted by Crippen LogP contribution is 2.66. The van der Waals surface area contributed by atoms with Crippen LogP contribution in [-0.4, -0.2) is 47.7 Å². The molecule has 4 saturated carbocycles. The van der Waals surface area contributed by atoms with E-state index in [2.05, 4.69) is 45.1 Å². The first-order valence-corrected chi connectivity index (χ1v) is 15.5. The second-order valence-electron chi connectivity index (χ2n) is 15.1. The third-order valence-corrected chi connectivity index (χ3v) is 12.0. The van der Waals surface area contributed by atoms with E-state index in [-0.39, 0.29) is 22.3 Å². The SMILES string of the molecule is C/C(=N\OC(=O)N(CC1CC(C)(C)CN1)C1CC1)[C@H]1CC[C@H]2[C@@H]3CCC4=CC(=O)CC[C@]4(C)[C@H]3CC[C@]12C. The molecule has 0 spiro atoms. The molecule has 5 fully saturated rings. The van der Waals surface area contributed by atoms with Crippen molar-refractivity contribution in [3.8, 4) is 0 Å². The van der Waals surface area contributed by atoms with Crippen LogP contribution in [0, 0.1) is 39.9 Å². The van der Waals surface area contributed by atoms with Crippen LogP contribution < -0.4 is 5.32 Å². The first kappa shape index (κ1) is 26.5. The smallest absolute Gasteiger partial charge is 0.312 e. The van der Waals surface area contributed by atoms with Gasteiger partial charge in [0.1, 0.15) is 0 Å². The Labute approximate surface area is 229 Å². The Hall–Kier alpha value is -1.69. The summed E-state index contributed by atoms with van der Waals surface area (Å²) in [6, 6.07) is 0.650. The largest absolute Gasteiger partial charge is 0.436 e. The summed E-state index contributed by atoms with van der Waals surface area (Å²) in [5, 5.41) is 8.13. The molecule has 0 radical (unpaired) electrons. The lowest BCUT2D eigenvalue weighted by Crippen LogP contribution is -2.51. The zero-order valence-electron chi connectivity index (χ0n) is 24.4. The minimum absolute atomic E-state index is 0.213. The summed E-state index contributed by atoms with van der Waals surface area (Å²) in [6.07, 6.45) is 13.9. The number of carbonyl (C=O) groups excluding carboxylic acids is 2. The number of amides is 1. The zero-order valence-corrected chi connectivity index (χ0v) is 24.4. The number of nitrogens with one attached hydrogen (secondary N) is 1. The van der Waals surface area contributed by atoms with E-state index in [4.69, 9.17) is 4.84 Å². The number of carbonyl (C=O) groups is 2. The molecule has 0 aromatic rings. The monoisotopic (exact) mass is 523 g/mol. The minimum Gasteiger partial charge on any atom is -0.312 e. The normalized spacial score (nSPS) is 42.1. The van der Waals surface area contributed by atoms with Crippen molar-refractivity contribution in [2.24, 2.45) is 45.1 Å². The predicted octanol–water partition coefficient (Wildman–Crippen LogP) is 6.50. The highest BCUT2D eigenvalue weighted by atomic mass is 16.7. The highest BCUT2D eigenvalue weighted by Gasteiger charge is 2.59. The highest BCUT2D eigenvalue weighted by molar-refractivity contribution is 5.91. The molecule has 1 heterocycles. The van der Waals surface area contributed by atoms with Crippen molar-refractivity contribution in [3.63, 3.8) is 0 Å². The molecule has 38 heavy (non-hydrogen) atoms. The van der Waals surface area contributed by atoms with Gasteiger partial charge >= 0.3 is 6.09 Å². The van der Waals surface area contributed by atoms with Gasteiger partial charge in [0.15, 0.2) is 5.78 Å². The first-order chi connectivity index (χ1) is 18.0. The molecule has 1 amide bonds. The Bertz CT molecular complexity index is 1040. The molecule has 0 aromatic heterocycles. The van der Waals surface area contributed by atoms with E-state index < -0.39 is 0 Å². The van der Waals surface area contributed by atoms with Gasteiger partial charge in [-0.05, 0) is 111 Å². The van der Waals surface area contributed by atoms with Crippen LogP contribution in [0.1, 0.15) is 105 Å². The fourth-order valence-corrected chi connectivity index (χ4v) is 9.83. The molecule has 6 rings (SSSR count). The van der Waals surface area contributed by atoms with E-state index in [0.717, 1.165) is 63.1 Å². The van der Waals surface area contributed by atoms with Crippen LogP contribution >= 0.6 is 0 Å². The molecule has 6 aliphatic rings. The molecule has 1 N–H and O–H groups in total. The van der Waals surface area contributed by atoms with Gasteiger partial charge in [-0.2, -0.15) is 0 Å². The molecular weight excluding hydrogens is 474 g/mol. The fourth-order valence-electron chi connectivity index (χ4n) is 9.83. The van der Waals surface area contributed by atoms with Gasteiger partial charge in [-0.1, -0.05) is 38.4 Å². The van der Waals surface area contributed by atoms with Crippen molar-refractivity contribution in [1.29, 1.82) is 0 Å². The molecule has 210 valence electrons. The lowest BCUT2D eigenvalue weighted by molar-refractivity contribution is -0.117. The Morgan fingerprint density at radius 2 is 1.84 bits per heavy atom. The number of hydrogen-bond donors (Lipinski definition) is 1. The summed E-state index contributed by atoms with van der Waals surface area (Å²) in [6.45, 7) is 13.3. The zero-order chi connectivity index (χ0) is 26.9. The van der Waals surface area contributed by atoms with Gasteiger partial charge < -0.3 is 10.2 Å². The van der Waals surface area contributed by atoms with E-state index in [0.29, 0.717) is 42.2 Å². The van der Waals surface area contributed by atoms with Crippen molar-refractivity contribution in [2.75, 3.05) is 13.1 Å². The average Bonchev–Trinajstić information content (AvgIpc) is 3.56. The maximum atomic E-state index is 13.2. The number of hydrogen-bond acceptors (Lipinski definition) is 5. The Kier molecular flexibility index (Phi) is 6.60. The van der Waals surface area contributed by atoms with Gasteiger partial charge in [0.2, 0.25) is 0 Å². The first-order valence-electron chi connectivity index (χ1n) is 15.5. The number of oxime groups is 1. The number of fused-ring (bicyclic) bond motifs is 5. The molecule has 6 heteroatoms. The summed E-state index contributed by atoms with van der Waals surface area (Å²) in [5.41, 5.74) is 3.16. The van der Waals surface area contributed by atoms with E-state index in [1.54, 1.807) is 0 Å². The van der Waals surface area contributed by atoms with Crippen molar-refractivity contribution in [2.45, 2.75) is 117 Å². The molecule has 0 bridgehead atoms. The van der Waals surface area contributed by atoms with Gasteiger partial charge in [-0.3, -0.25) is 9.63 Å². The summed E-state index contributed by atoms with van der Waals surface area (Å²) >= 11 is 0. The van der Waals surface area contributed by atoms with Gasteiger partial charge in [0.05, 0.1) is 5.71 Å². The van der Waals surface area contributed by atoms with Crippen LogP contribution in [0.25, 0.3) is 0 Å². The summed E-state index contributed by atoms with van der Waals surface area (Å²) in [4.78, 5) is 32.9. The quantitative estimate of drug-likeness (QED) is 0.254. The van der Waals surface area contributed by atoms with Crippen molar-refractivity contribution >= 4 is 17.6 Å². The molecule has 6 nitrogen and oxygen atoms in total. The second-order valence-corrected chi connectivity index (χ2v) is 15.1. The van der Waals surface area contributed by atoms with E-state index in [9.17, 15) is 9.59 Å². The number of ketones is 1. The Morgan fingerprint density at radius 1 is 1.05 bits per heavy atom. The van der Waals surface area contributed by atoms with E-state index in [1.165, 1.54) is 31.3 Å². The third-order valence-electron chi connectivity index (χ3n) is 12.0. The molecule has 0 aromatic carbocycles. The van der Waals surface area contributed by atoms with Gasteiger partial charge in [0, 0.05) is 37.5 Å². The lowest BCUT2D eigenvalue weighted by Gasteiger charge is -2.58.